The van der Waals surface area contributed by atoms with Crippen LogP contribution in [0.5, 0.6) is 5.75 Å². The number of ether oxygens (including phenoxy) is 1. The van der Waals surface area contributed by atoms with E-state index in [4.69, 9.17) is 4.74 Å². The zero-order chi connectivity index (χ0) is 15.8. The molecule has 0 radical (unpaired) electrons. The van der Waals surface area contributed by atoms with E-state index in [0.29, 0.717) is 0 Å². The lowest BCUT2D eigenvalue weighted by molar-refractivity contribution is 0.261. The molecule has 0 atom stereocenters. The van der Waals surface area contributed by atoms with E-state index in [-0.39, 0.29) is 0 Å². The van der Waals surface area contributed by atoms with Crippen LogP contribution in [-0.2, 0) is 6.42 Å². The van der Waals surface area contributed by atoms with Crippen LogP contribution in [0.1, 0.15) is 17.5 Å². The molecule has 2 rings (SSSR count). The van der Waals surface area contributed by atoms with Gasteiger partial charge in [0.15, 0.2) is 0 Å². The average Bonchev–Trinajstić information content (AvgIpc) is 2.54. The topological polar surface area (TPSA) is 12.5 Å². The smallest absolute Gasteiger partial charge is 0.119 e. The molecule has 22 heavy (non-hydrogen) atoms. The van der Waals surface area contributed by atoms with Crippen molar-refractivity contribution in [3.63, 3.8) is 0 Å². The molecule has 0 bridgehead atoms. The summed E-state index contributed by atoms with van der Waals surface area (Å²) in [7, 11) is 4.10. The number of hydrogen-bond acceptors (Lipinski definition) is 2. The summed E-state index contributed by atoms with van der Waals surface area (Å²) < 4.78 is 5.71. The Bertz CT molecular complexity index is 572. The molecule has 0 saturated carbocycles. The number of nitrogens with zero attached hydrogens (tertiary/aromatic N) is 1. The van der Waals surface area contributed by atoms with Gasteiger partial charge in [0.2, 0.25) is 0 Å². The lowest BCUT2D eigenvalue weighted by atomic mass is 10.00. The van der Waals surface area contributed by atoms with Gasteiger partial charge < -0.3 is 9.64 Å². The average molecular weight is 295 g/mol. The minimum atomic E-state index is 0.719. The van der Waals surface area contributed by atoms with Crippen molar-refractivity contribution in [2.24, 2.45) is 0 Å². The lowest BCUT2D eigenvalue weighted by Crippen LogP contribution is -2.19. The molecule has 0 saturated heterocycles. The molecule has 0 aliphatic rings. The highest BCUT2D eigenvalue weighted by Gasteiger charge is 2.01. The van der Waals surface area contributed by atoms with Crippen molar-refractivity contribution in [2.45, 2.75) is 12.8 Å². The molecule has 0 aromatic heterocycles. The van der Waals surface area contributed by atoms with Crippen molar-refractivity contribution in [3.8, 4) is 5.75 Å². The van der Waals surface area contributed by atoms with Crippen LogP contribution < -0.4 is 4.74 Å². The lowest BCUT2D eigenvalue weighted by Gasteiger charge is -2.11. The molecule has 0 heterocycles. The molecule has 2 nitrogen and oxygen atoms in total. The summed E-state index contributed by atoms with van der Waals surface area (Å²) >= 11 is 0. The van der Waals surface area contributed by atoms with Gasteiger partial charge in [0.25, 0.3) is 0 Å². The second-order valence-corrected chi connectivity index (χ2v) is 5.77. The van der Waals surface area contributed by atoms with Gasteiger partial charge in [0.05, 0.1) is 0 Å². The van der Waals surface area contributed by atoms with Gasteiger partial charge in [-0.25, -0.2) is 0 Å². The number of rotatable bonds is 8. The van der Waals surface area contributed by atoms with Crippen LogP contribution in [0, 0.1) is 0 Å². The summed E-state index contributed by atoms with van der Waals surface area (Å²) in [6.07, 6.45) is 1.98. The summed E-state index contributed by atoms with van der Waals surface area (Å²) in [5.74, 6) is 0.937. The van der Waals surface area contributed by atoms with Gasteiger partial charge in [0.1, 0.15) is 12.4 Å². The first-order chi connectivity index (χ1) is 10.6. The van der Waals surface area contributed by atoms with Crippen molar-refractivity contribution in [1.82, 2.24) is 4.90 Å². The zero-order valence-electron chi connectivity index (χ0n) is 13.6. The zero-order valence-corrected chi connectivity index (χ0v) is 13.6. The van der Waals surface area contributed by atoms with Gasteiger partial charge in [-0.2, -0.15) is 0 Å². The minimum Gasteiger partial charge on any atom is -0.492 e. The predicted octanol–water partition coefficient (Wildman–Crippen LogP) is 4.27. The van der Waals surface area contributed by atoms with E-state index in [0.717, 1.165) is 31.7 Å². The second kappa shape index (κ2) is 8.40. The molecular formula is C20H25NO. The normalized spacial score (nSPS) is 10.7. The van der Waals surface area contributed by atoms with E-state index in [2.05, 4.69) is 60.0 Å². The van der Waals surface area contributed by atoms with Gasteiger partial charge in [-0.15, -0.1) is 0 Å². The largest absolute Gasteiger partial charge is 0.492 e. The fourth-order valence-corrected chi connectivity index (χ4v) is 2.21. The van der Waals surface area contributed by atoms with Crippen LogP contribution >= 0.6 is 0 Å². The summed E-state index contributed by atoms with van der Waals surface area (Å²) in [5.41, 5.74) is 3.73. The van der Waals surface area contributed by atoms with Crippen LogP contribution in [0.4, 0.5) is 0 Å². The molecule has 0 aliphatic heterocycles. The third kappa shape index (κ3) is 5.38. The van der Waals surface area contributed by atoms with Gasteiger partial charge in [-0.3, -0.25) is 0 Å². The fraction of sp³-hybridized carbons (Fsp3) is 0.300. The Morgan fingerprint density at radius 2 is 1.68 bits per heavy atom. The molecular weight excluding hydrogens is 270 g/mol. The Kier molecular flexibility index (Phi) is 6.23. The summed E-state index contributed by atoms with van der Waals surface area (Å²) in [6, 6.07) is 18.8. The predicted molar refractivity (Wildman–Crippen MR) is 94.3 cm³/mol. The third-order valence-electron chi connectivity index (χ3n) is 3.63. The molecule has 2 heteroatoms. The first-order valence-corrected chi connectivity index (χ1v) is 7.75. The molecule has 0 N–H and O–H groups in total. The molecule has 0 aliphatic carbocycles. The quantitative estimate of drug-likeness (QED) is 0.721. The Hall–Kier alpha value is -2.06. The maximum absolute atomic E-state index is 5.71. The highest BCUT2D eigenvalue weighted by Crippen LogP contribution is 2.19. The maximum atomic E-state index is 5.71. The minimum absolute atomic E-state index is 0.719. The number of aryl methyl sites for hydroxylation is 1. The van der Waals surface area contributed by atoms with Gasteiger partial charge in [-0.1, -0.05) is 49.0 Å². The van der Waals surface area contributed by atoms with Crippen LogP contribution in [0.15, 0.2) is 61.2 Å². The van der Waals surface area contributed by atoms with Crippen LogP contribution in [0.3, 0.4) is 0 Å². The van der Waals surface area contributed by atoms with Crippen LogP contribution in [-0.4, -0.2) is 32.1 Å². The van der Waals surface area contributed by atoms with E-state index in [1.54, 1.807) is 0 Å². The summed E-state index contributed by atoms with van der Waals surface area (Å²) in [6.45, 7) is 5.83. The maximum Gasteiger partial charge on any atom is 0.119 e. The summed E-state index contributed by atoms with van der Waals surface area (Å²) in [5, 5.41) is 0. The molecule has 0 spiro atoms. The van der Waals surface area contributed by atoms with E-state index in [1.165, 1.54) is 16.7 Å². The first-order valence-electron chi connectivity index (χ1n) is 7.75. The number of hydrogen-bond donors (Lipinski definition) is 0. The van der Waals surface area contributed by atoms with Crippen molar-refractivity contribution < 1.29 is 4.74 Å². The molecule has 0 amide bonds. The fourth-order valence-electron chi connectivity index (χ4n) is 2.21. The van der Waals surface area contributed by atoms with Crippen LogP contribution in [0.25, 0.3) is 5.57 Å². The highest BCUT2D eigenvalue weighted by molar-refractivity contribution is 5.63. The Balaban J connectivity index is 1.80. The van der Waals surface area contributed by atoms with Crippen molar-refractivity contribution in [3.05, 3.63) is 72.3 Å². The van der Waals surface area contributed by atoms with E-state index < -0.39 is 0 Å². The van der Waals surface area contributed by atoms with E-state index in [1.807, 2.05) is 20.2 Å². The van der Waals surface area contributed by atoms with E-state index >= 15 is 0 Å². The van der Waals surface area contributed by atoms with Gasteiger partial charge in [0, 0.05) is 6.54 Å². The molecule has 2 aromatic carbocycles. The van der Waals surface area contributed by atoms with Crippen molar-refractivity contribution >= 4 is 5.57 Å². The Morgan fingerprint density at radius 3 is 2.32 bits per heavy atom. The molecule has 116 valence electrons. The number of likely N-dealkylation sites (N-methyl/N-ethyl adjacent to an activating group) is 1. The molecule has 0 unspecified atom stereocenters. The highest BCUT2D eigenvalue weighted by atomic mass is 16.5. The summed E-state index contributed by atoms with van der Waals surface area (Å²) in [4.78, 5) is 2.11. The van der Waals surface area contributed by atoms with Crippen molar-refractivity contribution in [2.75, 3.05) is 27.2 Å². The Morgan fingerprint density at radius 1 is 1.00 bits per heavy atom. The van der Waals surface area contributed by atoms with Gasteiger partial charge >= 0.3 is 0 Å². The third-order valence-corrected chi connectivity index (χ3v) is 3.63. The van der Waals surface area contributed by atoms with Crippen LogP contribution in [0.2, 0.25) is 0 Å². The monoisotopic (exact) mass is 295 g/mol. The second-order valence-electron chi connectivity index (χ2n) is 5.77. The van der Waals surface area contributed by atoms with E-state index in [9.17, 15) is 0 Å². The SMILES string of the molecule is C=C(CCc1ccc(OCCN(C)C)cc1)c1ccccc1. The standard InChI is InChI=1S/C20H25NO/c1-17(19-7-5-4-6-8-19)9-10-18-11-13-20(14-12-18)22-16-15-21(2)3/h4-8,11-14H,1,9-10,15-16H2,2-3H3. The first kappa shape index (κ1) is 16.3. The Labute approximate surface area is 134 Å². The van der Waals surface area contributed by atoms with Gasteiger partial charge in [-0.05, 0) is 55.8 Å². The number of benzene rings is 2. The molecule has 0 fully saturated rings. The molecule has 2 aromatic rings. The number of allylic oxidation sites excluding steroid dienone is 1. The van der Waals surface area contributed by atoms with Crippen molar-refractivity contribution in [1.29, 1.82) is 0 Å².